The van der Waals surface area contributed by atoms with E-state index in [2.05, 4.69) is 20.3 Å². The van der Waals surface area contributed by atoms with E-state index in [4.69, 9.17) is 9.47 Å². The number of aromatic nitrogens is 4. The number of anilines is 1. The summed E-state index contributed by atoms with van der Waals surface area (Å²) in [5, 5.41) is 24.3. The minimum absolute atomic E-state index is 0.137. The van der Waals surface area contributed by atoms with Crippen molar-refractivity contribution in [2.45, 2.75) is 70.1 Å². The molecular weight excluding hydrogens is 378 g/mol. The molecule has 1 aliphatic heterocycles. The van der Waals surface area contributed by atoms with Gasteiger partial charge in [0, 0.05) is 6.04 Å². The van der Waals surface area contributed by atoms with Crippen molar-refractivity contribution in [1.82, 2.24) is 19.5 Å². The predicted molar refractivity (Wildman–Crippen MR) is 103 cm³/mol. The van der Waals surface area contributed by atoms with E-state index in [1.54, 1.807) is 18.4 Å². The molecule has 158 valence electrons. The number of nitrogens with zero attached hydrogens (tertiary/aromatic N) is 4. The Bertz CT molecular complexity index is 866. The van der Waals surface area contributed by atoms with Gasteiger partial charge in [-0.05, 0) is 12.8 Å². The Morgan fingerprint density at radius 3 is 2.76 bits per heavy atom. The van der Waals surface area contributed by atoms with Crippen LogP contribution in [0.4, 0.5) is 5.82 Å². The molecule has 2 fully saturated rings. The van der Waals surface area contributed by atoms with Gasteiger partial charge in [0.1, 0.15) is 31.2 Å². The van der Waals surface area contributed by atoms with Crippen LogP contribution in [0.2, 0.25) is 0 Å². The van der Waals surface area contributed by atoms with Crippen molar-refractivity contribution in [3.05, 3.63) is 12.7 Å². The molecule has 29 heavy (non-hydrogen) atoms. The molecule has 1 saturated heterocycles. The summed E-state index contributed by atoms with van der Waals surface area (Å²) in [6.07, 6.45) is 3.40. The average Bonchev–Trinajstić information content (AvgIpc) is 3.42. The van der Waals surface area contributed by atoms with Crippen LogP contribution >= 0.6 is 0 Å². The van der Waals surface area contributed by atoms with Gasteiger partial charge in [0.25, 0.3) is 0 Å². The third kappa shape index (κ3) is 3.92. The zero-order valence-corrected chi connectivity index (χ0v) is 16.6. The molecular formula is C19H27N5O5. The molecule has 0 spiro atoms. The van der Waals surface area contributed by atoms with E-state index < -0.39 is 24.5 Å². The Hall–Kier alpha value is -2.30. The lowest BCUT2D eigenvalue weighted by molar-refractivity contribution is -0.153. The summed E-state index contributed by atoms with van der Waals surface area (Å²) in [7, 11) is 0. The second kappa shape index (κ2) is 8.21. The fourth-order valence-corrected chi connectivity index (χ4v) is 3.83. The van der Waals surface area contributed by atoms with Crippen LogP contribution in [0.5, 0.6) is 0 Å². The first kappa shape index (κ1) is 20.0. The standard InChI is InChI=1S/C19H27N5O5/c1-10(2)19(27)28-7-12-14(25)15(26)18(29-12)24-9-22-13-16(20-8-21-17(13)24)23-11-5-3-4-6-11/h8-12,14-15,18,25-26H,3-7H2,1-2H3,(H,20,21,23)/t12-,14-,15-,18?/m1/s1. The lowest BCUT2D eigenvalue weighted by Crippen LogP contribution is -2.34. The van der Waals surface area contributed by atoms with Gasteiger partial charge in [-0.3, -0.25) is 9.36 Å². The number of nitrogens with one attached hydrogen (secondary N) is 1. The normalized spacial score (nSPS) is 27.8. The molecule has 3 heterocycles. The molecule has 0 bridgehead atoms. The monoisotopic (exact) mass is 405 g/mol. The van der Waals surface area contributed by atoms with E-state index in [0.29, 0.717) is 23.0 Å². The third-order valence-electron chi connectivity index (χ3n) is 5.53. The Morgan fingerprint density at radius 2 is 2.03 bits per heavy atom. The minimum atomic E-state index is -1.21. The zero-order valence-electron chi connectivity index (χ0n) is 16.6. The first-order chi connectivity index (χ1) is 14.0. The number of hydrogen-bond acceptors (Lipinski definition) is 9. The second-order valence-electron chi connectivity index (χ2n) is 8.00. The molecule has 0 aromatic carbocycles. The van der Waals surface area contributed by atoms with Crippen LogP contribution in [0.15, 0.2) is 12.7 Å². The molecule has 1 saturated carbocycles. The summed E-state index contributed by atoms with van der Waals surface area (Å²) in [6.45, 7) is 3.31. The van der Waals surface area contributed by atoms with E-state index in [1.165, 1.54) is 25.5 Å². The molecule has 2 aliphatic rings. The van der Waals surface area contributed by atoms with Gasteiger partial charge in [-0.15, -0.1) is 0 Å². The predicted octanol–water partition coefficient (Wildman–Crippen LogP) is 0.999. The molecule has 4 atom stereocenters. The van der Waals surface area contributed by atoms with Gasteiger partial charge in [0.2, 0.25) is 0 Å². The fourth-order valence-electron chi connectivity index (χ4n) is 3.83. The molecule has 2 aromatic rings. The summed E-state index contributed by atoms with van der Waals surface area (Å²) in [4.78, 5) is 24.7. The summed E-state index contributed by atoms with van der Waals surface area (Å²) in [6, 6.07) is 0.369. The number of fused-ring (bicyclic) bond motifs is 1. The summed E-state index contributed by atoms with van der Waals surface area (Å²) in [5.74, 6) is -0.0207. The molecule has 3 N–H and O–H groups in total. The lowest BCUT2D eigenvalue weighted by atomic mass is 10.1. The fraction of sp³-hybridized carbons (Fsp3) is 0.684. The molecule has 0 radical (unpaired) electrons. The van der Waals surface area contributed by atoms with Crippen molar-refractivity contribution in [2.24, 2.45) is 5.92 Å². The minimum Gasteiger partial charge on any atom is -0.463 e. The van der Waals surface area contributed by atoms with Crippen molar-refractivity contribution >= 4 is 23.0 Å². The van der Waals surface area contributed by atoms with Crippen LogP contribution in [-0.4, -0.2) is 66.7 Å². The van der Waals surface area contributed by atoms with Gasteiger partial charge < -0.3 is 25.0 Å². The van der Waals surface area contributed by atoms with Crippen LogP contribution in [0, 0.1) is 5.92 Å². The van der Waals surface area contributed by atoms with Crippen LogP contribution in [0.1, 0.15) is 45.8 Å². The van der Waals surface area contributed by atoms with E-state index in [-0.39, 0.29) is 18.5 Å². The topological polar surface area (TPSA) is 132 Å². The summed E-state index contributed by atoms with van der Waals surface area (Å²) >= 11 is 0. The van der Waals surface area contributed by atoms with Crippen LogP contribution < -0.4 is 5.32 Å². The highest BCUT2D eigenvalue weighted by atomic mass is 16.6. The number of imidazole rings is 1. The van der Waals surface area contributed by atoms with Crippen LogP contribution in [0.3, 0.4) is 0 Å². The highest BCUT2D eigenvalue weighted by Gasteiger charge is 2.45. The van der Waals surface area contributed by atoms with E-state index in [1.807, 2.05) is 0 Å². The van der Waals surface area contributed by atoms with Crippen molar-refractivity contribution in [1.29, 1.82) is 0 Å². The first-order valence-electron chi connectivity index (χ1n) is 10.1. The SMILES string of the molecule is CC(C)C(=O)OC[C@H]1OC(n2cnc3c(NC4CCCC4)ncnc32)[C@H](O)[C@@H]1O. The van der Waals surface area contributed by atoms with Crippen molar-refractivity contribution < 1.29 is 24.5 Å². The first-order valence-corrected chi connectivity index (χ1v) is 10.1. The zero-order chi connectivity index (χ0) is 20.5. The maximum absolute atomic E-state index is 11.7. The Morgan fingerprint density at radius 1 is 1.28 bits per heavy atom. The van der Waals surface area contributed by atoms with Gasteiger partial charge in [-0.2, -0.15) is 0 Å². The lowest BCUT2D eigenvalue weighted by Gasteiger charge is -2.17. The molecule has 4 rings (SSSR count). The van der Waals surface area contributed by atoms with Gasteiger partial charge in [-0.1, -0.05) is 26.7 Å². The van der Waals surface area contributed by atoms with Gasteiger partial charge in [0.15, 0.2) is 23.2 Å². The Balaban J connectivity index is 1.52. The number of carbonyl (C=O) groups excluding carboxylic acids is 1. The molecule has 0 amide bonds. The highest BCUT2D eigenvalue weighted by molar-refractivity contribution is 5.82. The Kier molecular flexibility index (Phi) is 5.66. The number of aliphatic hydroxyl groups is 2. The summed E-state index contributed by atoms with van der Waals surface area (Å²) in [5.41, 5.74) is 1.08. The molecule has 2 aromatic heterocycles. The van der Waals surface area contributed by atoms with E-state index in [0.717, 1.165) is 12.8 Å². The van der Waals surface area contributed by atoms with Gasteiger partial charge in [-0.25, -0.2) is 15.0 Å². The number of ether oxygens (including phenoxy) is 2. The molecule has 10 nitrogen and oxygen atoms in total. The highest BCUT2D eigenvalue weighted by Crippen LogP contribution is 2.33. The van der Waals surface area contributed by atoms with Crippen molar-refractivity contribution in [2.75, 3.05) is 11.9 Å². The third-order valence-corrected chi connectivity index (χ3v) is 5.53. The number of esters is 1. The van der Waals surface area contributed by atoms with Crippen molar-refractivity contribution in [3.8, 4) is 0 Å². The van der Waals surface area contributed by atoms with Gasteiger partial charge >= 0.3 is 5.97 Å². The Labute approximate surface area is 168 Å². The molecule has 1 unspecified atom stereocenters. The number of aliphatic hydroxyl groups excluding tert-OH is 2. The average molecular weight is 405 g/mol. The number of hydrogen-bond donors (Lipinski definition) is 3. The second-order valence-corrected chi connectivity index (χ2v) is 8.00. The summed E-state index contributed by atoms with van der Waals surface area (Å²) < 4.78 is 12.5. The van der Waals surface area contributed by atoms with Gasteiger partial charge in [0.05, 0.1) is 12.2 Å². The quantitative estimate of drug-likeness (QED) is 0.602. The number of rotatable bonds is 6. The smallest absolute Gasteiger partial charge is 0.308 e. The van der Waals surface area contributed by atoms with E-state index in [9.17, 15) is 15.0 Å². The van der Waals surface area contributed by atoms with Crippen LogP contribution in [-0.2, 0) is 14.3 Å². The van der Waals surface area contributed by atoms with E-state index >= 15 is 0 Å². The number of carbonyl (C=O) groups is 1. The van der Waals surface area contributed by atoms with Crippen molar-refractivity contribution in [3.63, 3.8) is 0 Å². The maximum atomic E-state index is 11.7. The maximum Gasteiger partial charge on any atom is 0.308 e. The molecule has 1 aliphatic carbocycles. The van der Waals surface area contributed by atoms with Crippen LogP contribution in [0.25, 0.3) is 11.2 Å². The molecule has 10 heteroatoms. The largest absolute Gasteiger partial charge is 0.463 e.